The van der Waals surface area contributed by atoms with Crippen LogP contribution in [0.5, 0.6) is 5.75 Å². The van der Waals surface area contributed by atoms with Gasteiger partial charge < -0.3 is 42.9 Å². The van der Waals surface area contributed by atoms with Gasteiger partial charge >= 0.3 is 12.4 Å². The zero-order chi connectivity index (χ0) is 36.8. The molecular weight excluding hydrogens is 659 g/mol. The second kappa shape index (κ2) is 18.5. The number of aliphatic imine (C=N–C) groups is 1. The second-order valence-electron chi connectivity index (χ2n) is 12.9. The largest absolute Gasteiger partial charge is 0.573 e. The number of alkyl halides is 3. The van der Waals surface area contributed by atoms with Crippen LogP contribution in [0.2, 0.25) is 0 Å². The number of nitrogens with two attached hydrogens (primary N) is 3. The molecule has 0 atom stereocenters. The smallest absolute Gasteiger partial charge is 0.406 e. The average molecular weight is 708 g/mol. The number of thioether (sulfide) groups is 1. The van der Waals surface area contributed by atoms with Crippen molar-refractivity contribution in [1.29, 1.82) is 0 Å². The molecule has 0 fully saturated rings. The number of H-pyrrole nitrogens is 1. The van der Waals surface area contributed by atoms with Crippen LogP contribution in [-0.2, 0) is 12.0 Å². The van der Waals surface area contributed by atoms with Crippen molar-refractivity contribution in [2.45, 2.75) is 76.7 Å². The molecule has 10 N–H and O–H groups in total. The van der Waals surface area contributed by atoms with Gasteiger partial charge in [-0.2, -0.15) is 0 Å². The Morgan fingerprint density at radius 3 is 2.27 bits per heavy atom. The van der Waals surface area contributed by atoms with Gasteiger partial charge in [-0.3, -0.25) is 9.79 Å². The second-order valence-corrected chi connectivity index (χ2v) is 14.1. The third-order valence-electron chi connectivity index (χ3n) is 6.21. The number of halogens is 3. The number of nitrogens with zero attached hydrogens (tertiary/aromatic N) is 2. The number of carbonyl (C=O) groups is 1. The van der Waals surface area contributed by atoms with Gasteiger partial charge in [-0.05, 0) is 63.1 Å². The number of anilines is 1. The number of benzene rings is 2. The van der Waals surface area contributed by atoms with Crippen LogP contribution in [0.4, 0.5) is 23.7 Å². The van der Waals surface area contributed by atoms with Crippen LogP contribution in [0.3, 0.4) is 0 Å². The summed E-state index contributed by atoms with van der Waals surface area (Å²) in [7, 11) is 0. The van der Waals surface area contributed by atoms with E-state index in [1.165, 1.54) is 23.9 Å². The van der Waals surface area contributed by atoms with Crippen LogP contribution in [0.15, 0.2) is 63.3 Å². The van der Waals surface area contributed by atoms with E-state index >= 15 is 0 Å². The molecule has 0 bridgehead atoms. The van der Waals surface area contributed by atoms with E-state index in [1.54, 1.807) is 6.20 Å². The third-order valence-corrected chi connectivity index (χ3v) is 7.30. The van der Waals surface area contributed by atoms with Gasteiger partial charge in [0.15, 0.2) is 5.96 Å². The maximum Gasteiger partial charge on any atom is 0.573 e. The molecule has 0 saturated heterocycles. The van der Waals surface area contributed by atoms with E-state index < -0.39 is 17.9 Å². The number of rotatable bonds is 12. The van der Waals surface area contributed by atoms with Crippen LogP contribution >= 0.6 is 11.8 Å². The zero-order valence-electron chi connectivity index (χ0n) is 28.8. The van der Waals surface area contributed by atoms with E-state index in [-0.39, 0.29) is 22.7 Å². The van der Waals surface area contributed by atoms with E-state index in [2.05, 4.69) is 35.6 Å². The van der Waals surface area contributed by atoms with Gasteiger partial charge in [0, 0.05) is 47.4 Å². The van der Waals surface area contributed by atoms with Crippen LogP contribution in [-0.4, -0.2) is 59.2 Å². The van der Waals surface area contributed by atoms with Crippen molar-refractivity contribution >= 4 is 29.4 Å². The lowest BCUT2D eigenvalue weighted by Gasteiger charge is -2.21. The minimum absolute atomic E-state index is 0.115. The van der Waals surface area contributed by atoms with Crippen molar-refractivity contribution in [3.63, 3.8) is 0 Å². The molecule has 0 aliphatic heterocycles. The zero-order valence-corrected chi connectivity index (χ0v) is 29.6. The van der Waals surface area contributed by atoms with Crippen LogP contribution in [0, 0.1) is 0 Å². The van der Waals surface area contributed by atoms with Crippen molar-refractivity contribution in [2.75, 3.05) is 30.7 Å². The molecule has 1 heterocycles. The summed E-state index contributed by atoms with van der Waals surface area (Å²) in [4.78, 5) is 35.9. The molecule has 16 heteroatoms. The first-order chi connectivity index (χ1) is 22.8. The quantitative estimate of drug-likeness (QED) is 0.0583. The Bertz CT molecular complexity index is 1580. The minimum Gasteiger partial charge on any atom is -0.406 e. The molecule has 0 unspecified atom stereocenters. The van der Waals surface area contributed by atoms with Crippen LogP contribution < -0.4 is 43.4 Å². The SMILES string of the molecule is CC(C)(C)NC(=O)Nc1ccc(OC(F)(F)F)cc1SCCN.CC(C)(C)c1ncc(-c2ccc(CNCCCN=C(N)N)cc2)c(=O)[nH]1. The van der Waals surface area contributed by atoms with E-state index in [9.17, 15) is 22.8 Å². The third kappa shape index (κ3) is 16.1. The molecule has 49 heavy (non-hydrogen) atoms. The summed E-state index contributed by atoms with van der Waals surface area (Å²) < 4.78 is 40.8. The van der Waals surface area contributed by atoms with Gasteiger partial charge in [-0.1, -0.05) is 45.0 Å². The summed E-state index contributed by atoms with van der Waals surface area (Å²) in [5.74, 6) is 0.956. The molecule has 0 radical (unpaired) electrons. The number of aromatic nitrogens is 2. The highest BCUT2D eigenvalue weighted by Gasteiger charge is 2.31. The van der Waals surface area contributed by atoms with E-state index in [0.29, 0.717) is 40.8 Å². The number of amides is 2. The molecule has 12 nitrogen and oxygen atoms in total. The predicted molar refractivity (Wildman–Crippen MR) is 191 cm³/mol. The maximum atomic E-state index is 12.4. The Morgan fingerprint density at radius 2 is 1.71 bits per heavy atom. The average Bonchev–Trinajstić information content (AvgIpc) is 2.97. The molecule has 2 amide bonds. The summed E-state index contributed by atoms with van der Waals surface area (Å²) >= 11 is 1.23. The Kier molecular flexibility index (Phi) is 15.4. The van der Waals surface area contributed by atoms with Gasteiger partial charge in [-0.25, -0.2) is 9.78 Å². The Hall–Kier alpha value is -4.28. The van der Waals surface area contributed by atoms with Crippen molar-refractivity contribution in [3.8, 4) is 16.9 Å². The summed E-state index contributed by atoms with van der Waals surface area (Å²) in [5.41, 5.74) is 18.2. The summed E-state index contributed by atoms with van der Waals surface area (Å²) in [5, 5.41) is 8.67. The number of nitrogens with one attached hydrogen (secondary N) is 4. The van der Waals surface area contributed by atoms with Gasteiger partial charge in [0.25, 0.3) is 5.56 Å². The van der Waals surface area contributed by atoms with Crippen molar-refractivity contribution < 1.29 is 22.7 Å². The topological polar surface area (TPSA) is 199 Å². The number of ether oxygens (including phenoxy) is 1. The number of carbonyl (C=O) groups excluding carboxylic acids is 1. The number of guanidine groups is 1. The summed E-state index contributed by atoms with van der Waals surface area (Å²) in [6.07, 6.45) is -2.25. The van der Waals surface area contributed by atoms with Crippen molar-refractivity contribution in [2.24, 2.45) is 22.2 Å². The fourth-order valence-electron chi connectivity index (χ4n) is 4.01. The first-order valence-corrected chi connectivity index (χ1v) is 16.5. The predicted octanol–water partition coefficient (Wildman–Crippen LogP) is 5.04. The van der Waals surface area contributed by atoms with Crippen molar-refractivity contribution in [3.05, 3.63) is 70.4 Å². The maximum absolute atomic E-state index is 12.4. The number of hydrogen-bond donors (Lipinski definition) is 7. The fourth-order valence-corrected chi connectivity index (χ4v) is 4.83. The lowest BCUT2D eigenvalue weighted by atomic mass is 9.95. The fraction of sp³-hybridized carbons (Fsp3) is 0.455. The molecule has 0 aliphatic rings. The molecule has 3 rings (SSSR count). The number of urea groups is 1. The number of hydrogen-bond acceptors (Lipinski definition) is 8. The molecular formula is C33H48F3N9O3S. The van der Waals surface area contributed by atoms with Gasteiger partial charge in [-0.15, -0.1) is 24.9 Å². The molecule has 0 saturated carbocycles. The highest BCUT2D eigenvalue weighted by Crippen LogP contribution is 2.33. The Balaban J connectivity index is 0.000000343. The monoisotopic (exact) mass is 707 g/mol. The Morgan fingerprint density at radius 1 is 1.04 bits per heavy atom. The standard InChI is InChI=1S/C19H28N6O.C14H20F3N3O2S/c1-19(2,3)17-24-12-15(16(26)25-17)14-7-5-13(6-8-14)11-22-9-4-10-23-18(20)21;1-13(2,3)20-12(21)19-10-5-4-9(22-14(15,16)17)8-11(10)23-7-6-18/h5-8,12,22H,4,9-11H2,1-3H3,(H4,20,21,23)(H,24,25,26);4-5,8H,6-7,18H2,1-3H3,(H2,19,20,21). The summed E-state index contributed by atoms with van der Waals surface area (Å²) in [6.45, 7) is 14.1. The first kappa shape index (κ1) is 40.9. The van der Waals surface area contributed by atoms with Crippen molar-refractivity contribution in [1.82, 2.24) is 20.6 Å². The first-order valence-electron chi connectivity index (χ1n) is 15.5. The van der Waals surface area contributed by atoms with Gasteiger partial charge in [0.05, 0.1) is 11.3 Å². The molecule has 2 aromatic carbocycles. The normalized spacial score (nSPS) is 11.6. The lowest BCUT2D eigenvalue weighted by molar-refractivity contribution is -0.274. The molecule has 0 spiro atoms. The summed E-state index contributed by atoms with van der Waals surface area (Å²) in [6, 6.07) is 11.2. The van der Waals surface area contributed by atoms with Crippen LogP contribution in [0.25, 0.3) is 11.1 Å². The van der Waals surface area contributed by atoms with Gasteiger partial charge in [0.2, 0.25) is 0 Å². The van der Waals surface area contributed by atoms with Crippen LogP contribution in [0.1, 0.15) is 59.4 Å². The Labute approximate surface area is 289 Å². The van der Waals surface area contributed by atoms with E-state index in [0.717, 1.165) is 36.7 Å². The molecule has 3 aromatic rings. The highest BCUT2D eigenvalue weighted by molar-refractivity contribution is 7.99. The lowest BCUT2D eigenvalue weighted by Crippen LogP contribution is -2.43. The highest BCUT2D eigenvalue weighted by atomic mass is 32.2. The molecule has 1 aromatic heterocycles. The van der Waals surface area contributed by atoms with Gasteiger partial charge in [0.1, 0.15) is 11.6 Å². The molecule has 270 valence electrons. The minimum atomic E-state index is -4.77. The number of aromatic amines is 1. The van der Waals surface area contributed by atoms with E-state index in [1.807, 2.05) is 65.8 Å². The van der Waals surface area contributed by atoms with E-state index in [4.69, 9.17) is 17.2 Å². The molecule has 0 aliphatic carbocycles.